The first-order chi connectivity index (χ1) is 10.1. The monoisotopic (exact) mass is 284 g/mol. The van der Waals surface area contributed by atoms with E-state index >= 15 is 0 Å². The number of benzene rings is 1. The number of amides is 1. The van der Waals surface area contributed by atoms with Gasteiger partial charge in [0.1, 0.15) is 5.56 Å². The quantitative estimate of drug-likeness (QED) is 0.907. The zero-order valence-corrected chi connectivity index (χ0v) is 12.6. The molecule has 4 nitrogen and oxygen atoms in total. The lowest BCUT2D eigenvalue weighted by Crippen LogP contribution is -2.15. The molecule has 0 atom stereocenters. The predicted molar refractivity (Wildman–Crippen MR) is 83.9 cm³/mol. The third kappa shape index (κ3) is 3.60. The highest BCUT2D eigenvalue weighted by atomic mass is 16.5. The van der Waals surface area contributed by atoms with Gasteiger partial charge in [-0.2, -0.15) is 0 Å². The first-order valence-electron chi connectivity index (χ1n) is 7.11. The van der Waals surface area contributed by atoms with E-state index in [-0.39, 0.29) is 5.91 Å². The van der Waals surface area contributed by atoms with Crippen molar-refractivity contribution in [2.24, 2.45) is 0 Å². The minimum atomic E-state index is -0.209. The molecule has 1 heterocycles. The first kappa shape index (κ1) is 15.0. The summed E-state index contributed by atoms with van der Waals surface area (Å²) in [7, 11) is 0. The van der Waals surface area contributed by atoms with E-state index in [9.17, 15) is 4.79 Å². The van der Waals surface area contributed by atoms with Crippen LogP contribution in [0.2, 0.25) is 0 Å². The molecular weight excluding hydrogens is 264 g/mol. The topological polar surface area (TPSA) is 51.2 Å². The average Bonchev–Trinajstić information content (AvgIpc) is 2.48. The number of anilines is 1. The molecule has 1 aromatic carbocycles. The second kappa shape index (κ2) is 6.88. The Balaban J connectivity index is 2.27. The number of para-hydroxylation sites is 1. The van der Waals surface area contributed by atoms with Crippen molar-refractivity contribution in [1.82, 2.24) is 4.98 Å². The SMILES string of the molecule is CCOc1ncccc1C(=O)Nc1ccccc1C(C)C. The lowest BCUT2D eigenvalue weighted by atomic mass is 10.0. The smallest absolute Gasteiger partial charge is 0.261 e. The van der Waals surface area contributed by atoms with Gasteiger partial charge in [-0.15, -0.1) is 0 Å². The average molecular weight is 284 g/mol. The van der Waals surface area contributed by atoms with E-state index in [4.69, 9.17) is 4.74 Å². The lowest BCUT2D eigenvalue weighted by Gasteiger charge is -2.14. The number of carbonyl (C=O) groups is 1. The highest BCUT2D eigenvalue weighted by Gasteiger charge is 2.15. The van der Waals surface area contributed by atoms with Crippen LogP contribution in [0.4, 0.5) is 5.69 Å². The van der Waals surface area contributed by atoms with Crippen LogP contribution in [0.3, 0.4) is 0 Å². The van der Waals surface area contributed by atoms with Crippen LogP contribution in [-0.4, -0.2) is 17.5 Å². The molecule has 0 bridgehead atoms. The predicted octanol–water partition coefficient (Wildman–Crippen LogP) is 3.86. The normalized spacial score (nSPS) is 10.5. The second-order valence-corrected chi connectivity index (χ2v) is 4.99. The lowest BCUT2D eigenvalue weighted by molar-refractivity contribution is 0.102. The maximum atomic E-state index is 12.5. The molecule has 0 saturated carbocycles. The van der Waals surface area contributed by atoms with E-state index in [1.165, 1.54) is 0 Å². The Hall–Kier alpha value is -2.36. The second-order valence-electron chi connectivity index (χ2n) is 4.99. The Bertz CT molecular complexity index is 624. The Labute approximate surface area is 125 Å². The molecule has 2 aromatic rings. The number of aromatic nitrogens is 1. The maximum Gasteiger partial charge on any atom is 0.261 e. The van der Waals surface area contributed by atoms with Gasteiger partial charge in [-0.3, -0.25) is 4.79 Å². The number of carbonyl (C=O) groups excluding carboxylic acids is 1. The molecule has 4 heteroatoms. The van der Waals surface area contributed by atoms with Gasteiger partial charge in [0.2, 0.25) is 5.88 Å². The van der Waals surface area contributed by atoms with E-state index in [0.29, 0.717) is 24.0 Å². The molecule has 0 aliphatic rings. The van der Waals surface area contributed by atoms with Gasteiger partial charge < -0.3 is 10.1 Å². The number of nitrogens with zero attached hydrogens (tertiary/aromatic N) is 1. The van der Waals surface area contributed by atoms with Crippen molar-refractivity contribution in [3.8, 4) is 5.88 Å². The third-order valence-electron chi connectivity index (χ3n) is 3.13. The van der Waals surface area contributed by atoms with Crippen molar-refractivity contribution < 1.29 is 9.53 Å². The Morgan fingerprint density at radius 3 is 2.71 bits per heavy atom. The summed E-state index contributed by atoms with van der Waals surface area (Å²) in [6.07, 6.45) is 1.61. The Morgan fingerprint density at radius 2 is 2.00 bits per heavy atom. The molecule has 0 saturated heterocycles. The van der Waals surface area contributed by atoms with Crippen molar-refractivity contribution >= 4 is 11.6 Å². The fourth-order valence-electron chi connectivity index (χ4n) is 2.12. The minimum absolute atomic E-state index is 0.209. The fourth-order valence-corrected chi connectivity index (χ4v) is 2.12. The highest BCUT2D eigenvalue weighted by molar-refractivity contribution is 6.06. The maximum absolute atomic E-state index is 12.5. The number of ether oxygens (including phenoxy) is 1. The summed E-state index contributed by atoms with van der Waals surface area (Å²) in [6.45, 7) is 6.53. The van der Waals surface area contributed by atoms with E-state index in [1.807, 2.05) is 31.2 Å². The molecule has 1 N–H and O–H groups in total. The van der Waals surface area contributed by atoms with Crippen LogP contribution < -0.4 is 10.1 Å². The van der Waals surface area contributed by atoms with Gasteiger partial charge >= 0.3 is 0 Å². The Kier molecular flexibility index (Phi) is 4.93. The van der Waals surface area contributed by atoms with Gasteiger partial charge in [0.15, 0.2) is 0 Å². The van der Waals surface area contributed by atoms with Gasteiger partial charge in [0.05, 0.1) is 6.61 Å². The van der Waals surface area contributed by atoms with Crippen LogP contribution in [0.5, 0.6) is 5.88 Å². The van der Waals surface area contributed by atoms with Gasteiger partial charge in [-0.1, -0.05) is 32.0 Å². The summed E-state index contributed by atoms with van der Waals surface area (Å²) in [5.41, 5.74) is 2.37. The fraction of sp³-hybridized carbons (Fsp3) is 0.294. The zero-order chi connectivity index (χ0) is 15.2. The number of pyridine rings is 1. The largest absolute Gasteiger partial charge is 0.477 e. The Morgan fingerprint density at radius 1 is 1.24 bits per heavy atom. The third-order valence-corrected chi connectivity index (χ3v) is 3.13. The van der Waals surface area contributed by atoms with Crippen molar-refractivity contribution in [3.05, 3.63) is 53.7 Å². The summed E-state index contributed by atoms with van der Waals surface area (Å²) < 4.78 is 5.40. The van der Waals surface area contributed by atoms with Crippen molar-refractivity contribution in [2.75, 3.05) is 11.9 Å². The summed E-state index contributed by atoms with van der Waals surface area (Å²) in [5, 5.41) is 2.95. The highest BCUT2D eigenvalue weighted by Crippen LogP contribution is 2.25. The molecule has 0 aliphatic carbocycles. The summed E-state index contributed by atoms with van der Waals surface area (Å²) in [4.78, 5) is 16.6. The molecule has 0 fully saturated rings. The number of hydrogen-bond donors (Lipinski definition) is 1. The molecule has 1 aromatic heterocycles. The van der Waals surface area contributed by atoms with Crippen LogP contribution in [0.15, 0.2) is 42.6 Å². The number of nitrogens with one attached hydrogen (secondary N) is 1. The molecule has 0 aliphatic heterocycles. The first-order valence-corrected chi connectivity index (χ1v) is 7.11. The standard InChI is InChI=1S/C17H20N2O2/c1-4-21-17-14(9-7-11-18-17)16(20)19-15-10-6-5-8-13(15)12(2)3/h5-12H,4H2,1-3H3,(H,19,20). The van der Waals surface area contributed by atoms with Crippen LogP contribution in [-0.2, 0) is 0 Å². The van der Waals surface area contributed by atoms with Crippen molar-refractivity contribution in [3.63, 3.8) is 0 Å². The van der Waals surface area contributed by atoms with Crippen LogP contribution in [0.1, 0.15) is 42.6 Å². The van der Waals surface area contributed by atoms with Crippen molar-refractivity contribution in [1.29, 1.82) is 0 Å². The summed E-state index contributed by atoms with van der Waals surface area (Å²) in [6, 6.07) is 11.3. The summed E-state index contributed by atoms with van der Waals surface area (Å²) >= 11 is 0. The number of rotatable bonds is 5. The molecule has 0 spiro atoms. The molecule has 0 radical (unpaired) electrons. The molecular formula is C17H20N2O2. The molecule has 21 heavy (non-hydrogen) atoms. The van der Waals surface area contributed by atoms with Crippen molar-refractivity contribution in [2.45, 2.75) is 26.7 Å². The molecule has 110 valence electrons. The van der Waals surface area contributed by atoms with Gasteiger partial charge in [0, 0.05) is 11.9 Å². The van der Waals surface area contributed by atoms with Crippen LogP contribution >= 0.6 is 0 Å². The zero-order valence-electron chi connectivity index (χ0n) is 12.6. The van der Waals surface area contributed by atoms with Gasteiger partial charge in [0.25, 0.3) is 5.91 Å². The van der Waals surface area contributed by atoms with E-state index in [0.717, 1.165) is 11.3 Å². The van der Waals surface area contributed by atoms with E-state index < -0.39 is 0 Å². The van der Waals surface area contributed by atoms with Crippen LogP contribution in [0, 0.1) is 0 Å². The minimum Gasteiger partial charge on any atom is -0.477 e. The number of hydrogen-bond acceptors (Lipinski definition) is 3. The van der Waals surface area contributed by atoms with E-state index in [2.05, 4.69) is 24.1 Å². The van der Waals surface area contributed by atoms with E-state index in [1.54, 1.807) is 18.3 Å². The summed E-state index contributed by atoms with van der Waals surface area (Å²) in [5.74, 6) is 0.487. The molecule has 1 amide bonds. The molecule has 2 rings (SSSR count). The van der Waals surface area contributed by atoms with Crippen LogP contribution in [0.25, 0.3) is 0 Å². The molecule has 0 unspecified atom stereocenters. The van der Waals surface area contributed by atoms with Gasteiger partial charge in [-0.25, -0.2) is 4.98 Å². The van der Waals surface area contributed by atoms with Gasteiger partial charge in [-0.05, 0) is 36.6 Å².